The summed E-state index contributed by atoms with van der Waals surface area (Å²) in [5, 5.41) is 9.44. The van der Waals surface area contributed by atoms with Gasteiger partial charge in [0, 0.05) is 24.5 Å². The molecular formula is C18H28N4O3S2. The Balaban J connectivity index is 1.45. The average Bonchev–Trinajstić information content (AvgIpc) is 3.04. The minimum atomic E-state index is -3.01. The van der Waals surface area contributed by atoms with Crippen molar-refractivity contribution in [2.75, 3.05) is 17.3 Å². The van der Waals surface area contributed by atoms with Gasteiger partial charge in [0.15, 0.2) is 15.0 Å². The van der Waals surface area contributed by atoms with Gasteiger partial charge < -0.3 is 9.47 Å². The highest BCUT2D eigenvalue weighted by Crippen LogP contribution is 2.40. The van der Waals surface area contributed by atoms with Gasteiger partial charge in [0.1, 0.15) is 5.82 Å². The van der Waals surface area contributed by atoms with Gasteiger partial charge in [0.2, 0.25) is 5.91 Å². The number of hydrogen-bond acceptors (Lipinski definition) is 6. The van der Waals surface area contributed by atoms with Crippen LogP contribution in [0.15, 0.2) is 5.16 Å². The van der Waals surface area contributed by atoms with E-state index in [0.29, 0.717) is 18.1 Å². The lowest BCUT2D eigenvalue weighted by Crippen LogP contribution is -2.47. The minimum Gasteiger partial charge on any atom is -0.335 e. The summed E-state index contributed by atoms with van der Waals surface area (Å²) >= 11 is 1.44. The second-order valence-corrected chi connectivity index (χ2v) is 11.1. The van der Waals surface area contributed by atoms with Crippen LogP contribution >= 0.6 is 11.8 Å². The third-order valence-electron chi connectivity index (χ3n) is 5.94. The van der Waals surface area contributed by atoms with Crippen molar-refractivity contribution in [3.05, 3.63) is 5.82 Å². The van der Waals surface area contributed by atoms with Crippen LogP contribution in [0.4, 0.5) is 0 Å². The monoisotopic (exact) mass is 412 g/mol. The first kappa shape index (κ1) is 19.2. The Morgan fingerprint density at radius 2 is 1.89 bits per heavy atom. The zero-order chi connectivity index (χ0) is 19.0. The molecule has 1 saturated heterocycles. The normalized spacial score (nSPS) is 25.1. The summed E-state index contributed by atoms with van der Waals surface area (Å²) in [7, 11) is -3.01. The van der Waals surface area contributed by atoms with Crippen molar-refractivity contribution in [3.63, 3.8) is 0 Å². The SMILES string of the molecule is CCn1c(SCC(=O)N(C2CCCC2)C2CCS(=O)(=O)C2)nnc1C1CC1. The molecule has 7 nitrogen and oxygen atoms in total. The van der Waals surface area contributed by atoms with E-state index in [2.05, 4.69) is 21.7 Å². The van der Waals surface area contributed by atoms with Gasteiger partial charge in [-0.2, -0.15) is 0 Å². The maximum Gasteiger partial charge on any atom is 0.233 e. The van der Waals surface area contributed by atoms with Gasteiger partial charge in [-0.25, -0.2) is 8.42 Å². The maximum absolute atomic E-state index is 13.1. The van der Waals surface area contributed by atoms with E-state index in [1.54, 1.807) is 0 Å². The highest BCUT2D eigenvalue weighted by Gasteiger charge is 2.39. The predicted molar refractivity (Wildman–Crippen MR) is 105 cm³/mol. The highest BCUT2D eigenvalue weighted by molar-refractivity contribution is 7.99. The van der Waals surface area contributed by atoms with Crippen LogP contribution < -0.4 is 0 Å². The van der Waals surface area contributed by atoms with Crippen LogP contribution in [0.5, 0.6) is 0 Å². The summed E-state index contributed by atoms with van der Waals surface area (Å²) in [6.07, 6.45) is 7.15. The molecule has 2 saturated carbocycles. The third kappa shape index (κ3) is 4.18. The lowest BCUT2D eigenvalue weighted by molar-refractivity contribution is -0.132. The number of thioether (sulfide) groups is 1. The molecule has 9 heteroatoms. The number of aromatic nitrogens is 3. The number of amides is 1. The van der Waals surface area contributed by atoms with Crippen molar-refractivity contribution < 1.29 is 13.2 Å². The van der Waals surface area contributed by atoms with Crippen molar-refractivity contribution in [2.45, 2.75) is 81.6 Å². The lowest BCUT2D eigenvalue weighted by Gasteiger charge is -2.34. The quantitative estimate of drug-likeness (QED) is 0.639. The second-order valence-electron chi connectivity index (χ2n) is 7.94. The van der Waals surface area contributed by atoms with Crippen molar-refractivity contribution in [2.24, 2.45) is 0 Å². The molecule has 0 N–H and O–H groups in total. The van der Waals surface area contributed by atoms with Crippen LogP contribution in [0, 0.1) is 0 Å². The summed E-state index contributed by atoms with van der Waals surface area (Å²) < 4.78 is 26.0. The molecule has 0 bridgehead atoms. The number of sulfone groups is 1. The van der Waals surface area contributed by atoms with Gasteiger partial charge >= 0.3 is 0 Å². The Kier molecular flexibility index (Phi) is 5.51. The largest absolute Gasteiger partial charge is 0.335 e. The van der Waals surface area contributed by atoms with Crippen molar-refractivity contribution in [1.29, 1.82) is 0 Å². The fourth-order valence-corrected chi connectivity index (χ4v) is 7.02. The Bertz CT molecular complexity index is 798. The average molecular weight is 413 g/mol. The van der Waals surface area contributed by atoms with E-state index in [4.69, 9.17) is 0 Å². The molecule has 1 atom stereocenters. The second kappa shape index (κ2) is 7.73. The first-order valence-electron chi connectivity index (χ1n) is 10.1. The summed E-state index contributed by atoms with van der Waals surface area (Å²) in [5.41, 5.74) is 0. The van der Waals surface area contributed by atoms with E-state index in [9.17, 15) is 13.2 Å². The standard InChI is InChI=1S/C18H28N4O3S2/c1-2-21-17(13-7-8-13)19-20-18(21)26-11-16(23)22(14-5-3-4-6-14)15-9-10-27(24,25)12-15/h13-15H,2-12H2,1H3. The number of nitrogens with zero attached hydrogens (tertiary/aromatic N) is 4. The molecular weight excluding hydrogens is 384 g/mol. The van der Waals surface area contributed by atoms with E-state index in [1.165, 1.54) is 24.6 Å². The molecule has 0 spiro atoms. The Labute approximate surface area is 165 Å². The molecule has 0 radical (unpaired) electrons. The molecule has 4 rings (SSSR count). The summed E-state index contributed by atoms with van der Waals surface area (Å²) in [6.45, 7) is 2.89. The molecule has 1 amide bonds. The molecule has 1 aliphatic heterocycles. The van der Waals surface area contributed by atoms with E-state index >= 15 is 0 Å². The van der Waals surface area contributed by atoms with Crippen LogP contribution in [0.2, 0.25) is 0 Å². The summed E-state index contributed by atoms with van der Waals surface area (Å²) in [5.74, 6) is 2.25. The highest BCUT2D eigenvalue weighted by atomic mass is 32.2. The van der Waals surface area contributed by atoms with Gasteiger partial charge in [-0.05, 0) is 39.0 Å². The zero-order valence-electron chi connectivity index (χ0n) is 15.8. The fourth-order valence-electron chi connectivity index (χ4n) is 4.43. The van der Waals surface area contributed by atoms with Crippen molar-refractivity contribution in [1.82, 2.24) is 19.7 Å². The Morgan fingerprint density at radius 1 is 1.15 bits per heavy atom. The van der Waals surface area contributed by atoms with Crippen LogP contribution in [0.25, 0.3) is 0 Å². The van der Waals surface area contributed by atoms with E-state index in [-0.39, 0.29) is 29.5 Å². The smallest absolute Gasteiger partial charge is 0.233 e. The molecule has 2 aliphatic carbocycles. The molecule has 3 fully saturated rings. The molecule has 1 aromatic heterocycles. The molecule has 2 heterocycles. The Hall–Kier alpha value is -1.09. The predicted octanol–water partition coefficient (Wildman–Crippen LogP) is 2.23. The van der Waals surface area contributed by atoms with Gasteiger partial charge in [0.25, 0.3) is 0 Å². The molecule has 150 valence electrons. The van der Waals surface area contributed by atoms with Crippen LogP contribution in [0.1, 0.15) is 63.6 Å². The maximum atomic E-state index is 13.1. The van der Waals surface area contributed by atoms with Crippen LogP contribution in [-0.2, 0) is 21.2 Å². The first-order chi connectivity index (χ1) is 13.0. The molecule has 27 heavy (non-hydrogen) atoms. The third-order valence-corrected chi connectivity index (χ3v) is 8.64. The number of rotatable bonds is 7. The molecule has 0 aromatic carbocycles. The van der Waals surface area contributed by atoms with E-state index in [1.807, 2.05) is 4.90 Å². The van der Waals surface area contributed by atoms with Crippen molar-refractivity contribution in [3.8, 4) is 0 Å². The summed E-state index contributed by atoms with van der Waals surface area (Å²) in [6, 6.07) is 0.0414. The van der Waals surface area contributed by atoms with Gasteiger partial charge in [-0.1, -0.05) is 24.6 Å². The summed E-state index contributed by atoms with van der Waals surface area (Å²) in [4.78, 5) is 15.0. The topological polar surface area (TPSA) is 85.2 Å². The van der Waals surface area contributed by atoms with Crippen LogP contribution in [0.3, 0.4) is 0 Å². The van der Waals surface area contributed by atoms with E-state index < -0.39 is 9.84 Å². The van der Waals surface area contributed by atoms with Gasteiger partial charge in [-0.3, -0.25) is 4.79 Å². The van der Waals surface area contributed by atoms with Gasteiger partial charge in [-0.15, -0.1) is 10.2 Å². The van der Waals surface area contributed by atoms with Crippen LogP contribution in [-0.4, -0.2) is 63.3 Å². The Morgan fingerprint density at radius 3 is 2.48 bits per heavy atom. The first-order valence-corrected chi connectivity index (χ1v) is 12.9. The molecule has 1 unspecified atom stereocenters. The van der Waals surface area contributed by atoms with E-state index in [0.717, 1.165) is 43.2 Å². The number of carbonyl (C=O) groups is 1. The zero-order valence-corrected chi connectivity index (χ0v) is 17.5. The van der Waals surface area contributed by atoms with Crippen molar-refractivity contribution >= 4 is 27.5 Å². The van der Waals surface area contributed by atoms with Gasteiger partial charge in [0.05, 0.1) is 17.3 Å². The fraction of sp³-hybridized carbons (Fsp3) is 0.833. The minimum absolute atomic E-state index is 0.0487. The molecule has 3 aliphatic rings. The lowest BCUT2D eigenvalue weighted by atomic mass is 10.1. The number of carbonyl (C=O) groups excluding carboxylic acids is 1. The number of hydrogen-bond donors (Lipinski definition) is 0. The molecule has 1 aromatic rings.